The maximum Gasteiger partial charge on any atom is 0.418 e. The number of nitrogens with zero attached hydrogens (tertiary/aromatic N) is 5. The summed E-state index contributed by atoms with van der Waals surface area (Å²) in [5.74, 6) is -0.465. The van der Waals surface area contributed by atoms with E-state index in [0.717, 1.165) is 11.0 Å². The molecule has 1 atom stereocenters. The number of amides is 1. The highest BCUT2D eigenvalue weighted by atomic mass is 19.4. The van der Waals surface area contributed by atoms with Gasteiger partial charge in [0.05, 0.1) is 17.4 Å². The van der Waals surface area contributed by atoms with Crippen LogP contribution in [0.4, 0.5) is 24.5 Å². The lowest BCUT2D eigenvalue weighted by Gasteiger charge is -2.21. The Morgan fingerprint density at radius 3 is 2.71 bits per heavy atom. The summed E-state index contributed by atoms with van der Waals surface area (Å²) >= 11 is 0. The van der Waals surface area contributed by atoms with Gasteiger partial charge in [-0.1, -0.05) is 17.3 Å². The van der Waals surface area contributed by atoms with Gasteiger partial charge in [-0.05, 0) is 24.6 Å². The third-order valence-corrected chi connectivity index (χ3v) is 4.64. The molecule has 1 amide bonds. The Morgan fingerprint density at radius 2 is 1.96 bits per heavy atom. The molecule has 7 nitrogen and oxygen atoms in total. The molecule has 4 rings (SSSR count). The van der Waals surface area contributed by atoms with Crippen molar-refractivity contribution in [3.8, 4) is 11.3 Å². The Labute approximate surface area is 157 Å². The quantitative estimate of drug-likeness (QED) is 0.745. The molecule has 10 heteroatoms. The zero-order valence-corrected chi connectivity index (χ0v) is 14.5. The van der Waals surface area contributed by atoms with Crippen molar-refractivity contribution in [1.82, 2.24) is 20.0 Å². The first kappa shape index (κ1) is 18.0. The normalized spacial score (nSPS) is 17.3. The lowest BCUT2D eigenvalue weighted by Crippen LogP contribution is -2.30. The van der Waals surface area contributed by atoms with Crippen LogP contribution >= 0.6 is 0 Å². The smallest absolute Gasteiger partial charge is 0.398 e. The van der Waals surface area contributed by atoms with Gasteiger partial charge in [-0.2, -0.15) is 13.2 Å². The Kier molecular flexibility index (Phi) is 4.25. The van der Waals surface area contributed by atoms with Gasteiger partial charge in [-0.25, -0.2) is 4.68 Å². The van der Waals surface area contributed by atoms with Gasteiger partial charge in [-0.3, -0.25) is 9.78 Å². The van der Waals surface area contributed by atoms with Crippen LogP contribution in [-0.2, 0) is 11.0 Å². The molecule has 1 aliphatic heterocycles. The predicted octanol–water partition coefficient (Wildman–Crippen LogP) is 2.92. The van der Waals surface area contributed by atoms with Gasteiger partial charge in [0.1, 0.15) is 11.7 Å². The number of rotatable bonds is 3. The van der Waals surface area contributed by atoms with E-state index in [1.807, 2.05) is 0 Å². The predicted molar refractivity (Wildman–Crippen MR) is 95.1 cm³/mol. The van der Waals surface area contributed by atoms with Gasteiger partial charge >= 0.3 is 6.18 Å². The monoisotopic (exact) mass is 388 g/mol. The summed E-state index contributed by atoms with van der Waals surface area (Å²) in [6.07, 6.45) is 0.393. The topological polar surface area (TPSA) is 89.9 Å². The SMILES string of the molecule is Nc1ccncc1-c1cn(C2CCN(c3ccccc3C(F)(F)F)C2=O)nn1. The molecule has 1 saturated heterocycles. The first-order chi connectivity index (χ1) is 13.4. The second-order valence-electron chi connectivity index (χ2n) is 6.36. The van der Waals surface area contributed by atoms with Crippen molar-refractivity contribution in [3.63, 3.8) is 0 Å². The number of aromatic nitrogens is 4. The molecule has 144 valence electrons. The fourth-order valence-electron chi connectivity index (χ4n) is 3.27. The molecule has 1 aliphatic rings. The van der Waals surface area contributed by atoms with Crippen molar-refractivity contribution in [2.45, 2.75) is 18.6 Å². The number of pyridine rings is 1. The number of nitrogen functional groups attached to an aromatic ring is 1. The molecule has 3 aromatic rings. The second kappa shape index (κ2) is 6.63. The number of carbonyl (C=O) groups excluding carboxylic acids is 1. The van der Waals surface area contributed by atoms with Gasteiger partial charge < -0.3 is 10.6 Å². The Hall–Kier alpha value is -3.43. The summed E-state index contributed by atoms with van der Waals surface area (Å²) in [5, 5.41) is 8.00. The number of hydrogen-bond acceptors (Lipinski definition) is 5. The Morgan fingerprint density at radius 1 is 1.18 bits per heavy atom. The van der Waals surface area contributed by atoms with Crippen LogP contribution in [0.1, 0.15) is 18.0 Å². The molecule has 0 radical (unpaired) electrons. The van der Waals surface area contributed by atoms with E-state index in [4.69, 9.17) is 5.73 Å². The number of nitrogens with two attached hydrogens (primary N) is 1. The number of benzene rings is 1. The molecule has 1 unspecified atom stereocenters. The molecule has 0 saturated carbocycles. The number of para-hydroxylation sites is 1. The lowest BCUT2D eigenvalue weighted by molar-refractivity contribution is -0.137. The van der Waals surface area contributed by atoms with Crippen LogP contribution in [0.2, 0.25) is 0 Å². The van der Waals surface area contributed by atoms with Gasteiger partial charge in [-0.15, -0.1) is 5.10 Å². The third kappa shape index (κ3) is 3.06. The minimum absolute atomic E-state index is 0.153. The lowest BCUT2D eigenvalue weighted by atomic mass is 10.1. The molecule has 2 N–H and O–H groups in total. The number of hydrogen-bond donors (Lipinski definition) is 1. The van der Waals surface area contributed by atoms with Crippen LogP contribution in [0.3, 0.4) is 0 Å². The molecular weight excluding hydrogens is 373 g/mol. The molecule has 0 spiro atoms. The van der Waals surface area contributed by atoms with E-state index in [1.165, 1.54) is 29.1 Å². The van der Waals surface area contributed by atoms with Crippen molar-refractivity contribution in [2.75, 3.05) is 17.2 Å². The Balaban J connectivity index is 1.63. The molecule has 0 aliphatic carbocycles. The molecular formula is C18H15F3N6O. The van der Waals surface area contributed by atoms with E-state index in [9.17, 15) is 18.0 Å². The summed E-state index contributed by atoms with van der Waals surface area (Å²) in [5.41, 5.74) is 6.37. The zero-order valence-electron chi connectivity index (χ0n) is 14.5. The first-order valence-corrected chi connectivity index (χ1v) is 8.45. The summed E-state index contributed by atoms with van der Waals surface area (Å²) in [6.45, 7) is 0.154. The molecule has 2 aromatic heterocycles. The van der Waals surface area contributed by atoms with E-state index in [2.05, 4.69) is 15.3 Å². The van der Waals surface area contributed by atoms with Gasteiger partial charge in [0, 0.05) is 30.2 Å². The first-order valence-electron chi connectivity index (χ1n) is 8.45. The second-order valence-corrected chi connectivity index (χ2v) is 6.36. The minimum Gasteiger partial charge on any atom is -0.398 e. The van der Waals surface area contributed by atoms with E-state index >= 15 is 0 Å². The highest BCUT2D eigenvalue weighted by molar-refractivity contribution is 5.99. The maximum atomic E-state index is 13.3. The fraction of sp³-hybridized carbons (Fsp3) is 0.222. The summed E-state index contributed by atoms with van der Waals surface area (Å²) in [6, 6.07) is 5.92. The van der Waals surface area contributed by atoms with E-state index < -0.39 is 23.7 Å². The Bertz CT molecular complexity index is 1030. The number of halogens is 3. The fourth-order valence-corrected chi connectivity index (χ4v) is 3.27. The average Bonchev–Trinajstić information content (AvgIpc) is 3.28. The summed E-state index contributed by atoms with van der Waals surface area (Å²) in [4.78, 5) is 18.0. The molecule has 1 aromatic carbocycles. The summed E-state index contributed by atoms with van der Waals surface area (Å²) < 4.78 is 41.2. The van der Waals surface area contributed by atoms with Gasteiger partial charge in [0.25, 0.3) is 5.91 Å². The molecule has 1 fully saturated rings. The van der Waals surface area contributed by atoms with Crippen LogP contribution in [0.25, 0.3) is 11.3 Å². The highest BCUT2D eigenvalue weighted by Crippen LogP contribution is 2.39. The van der Waals surface area contributed by atoms with Crippen molar-refractivity contribution < 1.29 is 18.0 Å². The molecule has 28 heavy (non-hydrogen) atoms. The number of carbonyl (C=O) groups is 1. The largest absolute Gasteiger partial charge is 0.418 e. The maximum absolute atomic E-state index is 13.3. The minimum atomic E-state index is -4.55. The molecule has 3 heterocycles. The van der Waals surface area contributed by atoms with Crippen molar-refractivity contribution in [2.24, 2.45) is 0 Å². The average molecular weight is 388 g/mol. The van der Waals surface area contributed by atoms with Crippen LogP contribution in [-0.4, -0.2) is 32.4 Å². The standard InChI is InChI=1S/C18H15F3N6O/c19-18(20,21)12-3-1-2-4-15(12)26-8-6-16(17(26)28)27-10-14(24-25-27)11-9-23-7-5-13(11)22/h1-5,7,9-10,16H,6,8H2,(H2,22,23). The van der Waals surface area contributed by atoms with Crippen LogP contribution in [0.5, 0.6) is 0 Å². The number of alkyl halides is 3. The number of anilines is 2. The molecule has 0 bridgehead atoms. The highest BCUT2D eigenvalue weighted by Gasteiger charge is 2.40. The van der Waals surface area contributed by atoms with Crippen molar-refractivity contribution >= 4 is 17.3 Å². The van der Waals surface area contributed by atoms with Crippen LogP contribution < -0.4 is 10.6 Å². The van der Waals surface area contributed by atoms with Gasteiger partial charge in [0.15, 0.2) is 0 Å². The van der Waals surface area contributed by atoms with E-state index in [0.29, 0.717) is 23.4 Å². The van der Waals surface area contributed by atoms with Crippen LogP contribution in [0.15, 0.2) is 48.9 Å². The van der Waals surface area contributed by atoms with Gasteiger partial charge in [0.2, 0.25) is 0 Å². The van der Waals surface area contributed by atoms with Crippen LogP contribution in [0, 0.1) is 0 Å². The van der Waals surface area contributed by atoms with E-state index in [1.54, 1.807) is 18.5 Å². The van der Waals surface area contributed by atoms with Crippen molar-refractivity contribution in [1.29, 1.82) is 0 Å². The van der Waals surface area contributed by atoms with Crippen molar-refractivity contribution in [3.05, 3.63) is 54.5 Å². The summed E-state index contributed by atoms with van der Waals surface area (Å²) in [7, 11) is 0. The third-order valence-electron chi connectivity index (χ3n) is 4.64. The zero-order chi connectivity index (χ0) is 19.9. The van der Waals surface area contributed by atoms with E-state index in [-0.39, 0.29) is 12.2 Å².